The molecule has 0 fully saturated rings. The Hall–Kier alpha value is -2.90. The molecule has 0 aliphatic heterocycles. The second kappa shape index (κ2) is 7.58. The summed E-state index contributed by atoms with van der Waals surface area (Å²) in [5.41, 5.74) is 1.01. The molecule has 0 unspecified atom stereocenters. The van der Waals surface area contributed by atoms with Crippen LogP contribution in [0.1, 0.15) is 34.3 Å². The fraction of sp³-hybridized carbons (Fsp3) is 0.375. The summed E-state index contributed by atoms with van der Waals surface area (Å²) in [5.74, 6) is -0.902. The highest BCUT2D eigenvalue weighted by molar-refractivity contribution is 5.96. The van der Waals surface area contributed by atoms with E-state index in [4.69, 9.17) is 0 Å². The van der Waals surface area contributed by atoms with Crippen LogP contribution in [0.2, 0.25) is 0 Å². The Kier molecular flexibility index (Phi) is 5.51. The van der Waals surface area contributed by atoms with E-state index in [1.54, 1.807) is 34.5 Å². The van der Waals surface area contributed by atoms with Gasteiger partial charge in [-0.2, -0.15) is 0 Å². The average Bonchev–Trinajstić information content (AvgIpc) is 3.03. The van der Waals surface area contributed by atoms with Gasteiger partial charge >= 0.3 is 0 Å². The van der Waals surface area contributed by atoms with E-state index in [-0.39, 0.29) is 24.1 Å². The minimum absolute atomic E-state index is 0.0918. The number of imidazole rings is 1. The number of hydrogen-bond acceptors (Lipinski definition) is 4. The molecule has 0 aliphatic rings. The fourth-order valence-corrected chi connectivity index (χ4v) is 2.27. The summed E-state index contributed by atoms with van der Waals surface area (Å²) in [7, 11) is 3.22. The Morgan fingerprint density at radius 3 is 2.67 bits per heavy atom. The predicted octanol–water partition coefficient (Wildman–Crippen LogP) is 0.292. The van der Waals surface area contributed by atoms with E-state index in [1.807, 2.05) is 6.92 Å². The van der Waals surface area contributed by atoms with Crippen molar-refractivity contribution in [3.05, 3.63) is 35.8 Å². The second-order valence-electron chi connectivity index (χ2n) is 5.34. The lowest BCUT2D eigenvalue weighted by Crippen LogP contribution is -2.38. The maximum atomic E-state index is 12.2. The highest BCUT2D eigenvalue weighted by atomic mass is 16.2. The summed E-state index contributed by atoms with van der Waals surface area (Å²) in [6, 6.07) is 5.03. The highest BCUT2D eigenvalue weighted by Gasteiger charge is 2.16. The van der Waals surface area contributed by atoms with Gasteiger partial charge in [-0.3, -0.25) is 18.8 Å². The smallest absolute Gasteiger partial charge is 0.271 e. The largest absolute Gasteiger partial charge is 0.354 e. The Morgan fingerprint density at radius 1 is 1.25 bits per heavy atom. The lowest BCUT2D eigenvalue weighted by Gasteiger charge is -2.15. The van der Waals surface area contributed by atoms with Crippen LogP contribution in [0.25, 0.3) is 5.65 Å². The van der Waals surface area contributed by atoms with Gasteiger partial charge in [0.25, 0.3) is 11.8 Å². The van der Waals surface area contributed by atoms with Crippen LogP contribution in [-0.4, -0.2) is 59.2 Å². The maximum Gasteiger partial charge on any atom is 0.271 e. The number of aromatic nitrogens is 2. The van der Waals surface area contributed by atoms with Crippen molar-refractivity contribution in [3.8, 4) is 0 Å². The van der Waals surface area contributed by atoms with Crippen molar-refractivity contribution < 1.29 is 14.4 Å². The molecule has 0 atom stereocenters. The summed E-state index contributed by atoms with van der Waals surface area (Å²) in [6.45, 7) is 2.52. The summed E-state index contributed by atoms with van der Waals surface area (Å²) >= 11 is 0. The number of nitrogens with zero attached hydrogens (tertiary/aromatic N) is 3. The fourth-order valence-electron chi connectivity index (χ4n) is 2.27. The molecule has 2 aromatic heterocycles. The number of hydrogen-bond donors (Lipinski definition) is 2. The van der Waals surface area contributed by atoms with Gasteiger partial charge in [-0.05, 0) is 18.6 Å². The van der Waals surface area contributed by atoms with Crippen LogP contribution in [0.15, 0.2) is 24.4 Å². The summed E-state index contributed by atoms with van der Waals surface area (Å²) in [4.78, 5) is 41.7. The van der Waals surface area contributed by atoms with Gasteiger partial charge in [0.1, 0.15) is 17.0 Å². The van der Waals surface area contributed by atoms with E-state index >= 15 is 0 Å². The van der Waals surface area contributed by atoms with Crippen molar-refractivity contribution in [1.82, 2.24) is 24.9 Å². The first-order valence-corrected chi connectivity index (χ1v) is 7.70. The van der Waals surface area contributed by atoms with Crippen LogP contribution in [0.3, 0.4) is 0 Å². The molecule has 8 heteroatoms. The predicted molar refractivity (Wildman–Crippen MR) is 88.8 cm³/mol. The Bertz CT molecular complexity index is 768. The van der Waals surface area contributed by atoms with E-state index in [0.717, 1.165) is 6.42 Å². The topological polar surface area (TPSA) is 95.8 Å². The first-order valence-electron chi connectivity index (χ1n) is 7.70. The molecule has 0 bridgehead atoms. The third-order valence-electron chi connectivity index (χ3n) is 3.57. The van der Waals surface area contributed by atoms with Crippen molar-refractivity contribution in [1.29, 1.82) is 0 Å². The standard InChI is InChI=1S/C16H21N5O3/c1-4-8-20(3)14(22)9-18-15(23)11-10-21-12(16(24)17-2)6-5-7-13(21)19-11/h5-7,10H,4,8-9H2,1-3H3,(H,17,24)(H,18,23). The van der Waals surface area contributed by atoms with Crippen molar-refractivity contribution in [2.45, 2.75) is 13.3 Å². The van der Waals surface area contributed by atoms with Crippen molar-refractivity contribution >= 4 is 23.4 Å². The molecule has 2 rings (SSSR count). The molecule has 0 aromatic carbocycles. The Morgan fingerprint density at radius 2 is 2.00 bits per heavy atom. The molecule has 2 heterocycles. The molecule has 0 radical (unpaired) electrons. The number of carbonyl (C=O) groups excluding carboxylic acids is 3. The number of pyridine rings is 1. The number of carbonyl (C=O) groups is 3. The SMILES string of the molecule is CCCN(C)C(=O)CNC(=O)c1cn2c(C(=O)NC)cccc2n1. The lowest BCUT2D eigenvalue weighted by atomic mass is 10.3. The Labute approximate surface area is 139 Å². The number of amides is 3. The van der Waals surface area contributed by atoms with Crippen LogP contribution in [-0.2, 0) is 4.79 Å². The van der Waals surface area contributed by atoms with E-state index in [1.165, 1.54) is 13.2 Å². The number of rotatable bonds is 6. The molecule has 0 aliphatic carbocycles. The monoisotopic (exact) mass is 331 g/mol. The zero-order chi connectivity index (χ0) is 17.7. The molecule has 8 nitrogen and oxygen atoms in total. The van der Waals surface area contributed by atoms with Crippen LogP contribution in [0, 0.1) is 0 Å². The normalized spacial score (nSPS) is 10.5. The molecule has 2 aromatic rings. The van der Waals surface area contributed by atoms with E-state index in [2.05, 4.69) is 15.6 Å². The molecular formula is C16H21N5O3. The van der Waals surface area contributed by atoms with Gasteiger partial charge in [0.15, 0.2) is 0 Å². The minimum Gasteiger partial charge on any atom is -0.354 e. The number of nitrogens with one attached hydrogen (secondary N) is 2. The van der Waals surface area contributed by atoms with Crippen LogP contribution < -0.4 is 10.6 Å². The zero-order valence-electron chi connectivity index (χ0n) is 14.0. The molecule has 0 saturated carbocycles. The highest BCUT2D eigenvalue weighted by Crippen LogP contribution is 2.09. The van der Waals surface area contributed by atoms with Gasteiger partial charge in [0.05, 0.1) is 6.54 Å². The molecule has 128 valence electrons. The summed E-state index contributed by atoms with van der Waals surface area (Å²) in [5, 5.41) is 5.09. The molecule has 2 N–H and O–H groups in total. The second-order valence-corrected chi connectivity index (χ2v) is 5.34. The van der Waals surface area contributed by atoms with Gasteiger partial charge in [-0.1, -0.05) is 13.0 Å². The summed E-state index contributed by atoms with van der Waals surface area (Å²) < 4.78 is 1.54. The molecule has 0 saturated heterocycles. The van der Waals surface area contributed by atoms with Crippen LogP contribution >= 0.6 is 0 Å². The third kappa shape index (κ3) is 3.70. The van der Waals surface area contributed by atoms with E-state index < -0.39 is 5.91 Å². The first kappa shape index (κ1) is 17.5. The minimum atomic E-state index is -0.459. The maximum absolute atomic E-state index is 12.2. The first-order chi connectivity index (χ1) is 11.5. The van der Waals surface area contributed by atoms with Gasteiger partial charge < -0.3 is 15.5 Å². The van der Waals surface area contributed by atoms with Gasteiger partial charge in [0, 0.05) is 26.8 Å². The average molecular weight is 331 g/mol. The van der Waals surface area contributed by atoms with Crippen molar-refractivity contribution in [3.63, 3.8) is 0 Å². The summed E-state index contributed by atoms with van der Waals surface area (Å²) in [6.07, 6.45) is 2.33. The Balaban J connectivity index is 2.13. The molecule has 24 heavy (non-hydrogen) atoms. The number of fused-ring (bicyclic) bond motifs is 1. The quantitative estimate of drug-likeness (QED) is 0.795. The van der Waals surface area contributed by atoms with Gasteiger partial charge in [0.2, 0.25) is 5.91 Å². The molecular weight excluding hydrogens is 310 g/mol. The zero-order valence-corrected chi connectivity index (χ0v) is 14.0. The third-order valence-corrected chi connectivity index (χ3v) is 3.57. The van der Waals surface area contributed by atoms with Crippen molar-refractivity contribution in [2.75, 3.05) is 27.2 Å². The van der Waals surface area contributed by atoms with E-state index in [0.29, 0.717) is 17.9 Å². The van der Waals surface area contributed by atoms with E-state index in [9.17, 15) is 14.4 Å². The van der Waals surface area contributed by atoms with Gasteiger partial charge in [-0.15, -0.1) is 0 Å². The number of likely N-dealkylation sites (N-methyl/N-ethyl adjacent to an activating group) is 1. The van der Waals surface area contributed by atoms with Crippen LogP contribution in [0.5, 0.6) is 0 Å². The van der Waals surface area contributed by atoms with Crippen LogP contribution in [0.4, 0.5) is 0 Å². The lowest BCUT2D eigenvalue weighted by molar-refractivity contribution is -0.128. The van der Waals surface area contributed by atoms with Gasteiger partial charge in [-0.25, -0.2) is 4.98 Å². The molecule has 0 spiro atoms. The van der Waals surface area contributed by atoms with Crippen molar-refractivity contribution in [2.24, 2.45) is 0 Å². The molecule has 3 amide bonds.